The second kappa shape index (κ2) is 16.0. The minimum absolute atomic E-state index is 0.104. The number of methoxy groups -OCH3 is 1. The van der Waals surface area contributed by atoms with Crippen LogP contribution in [0.1, 0.15) is 48.0 Å². The lowest BCUT2D eigenvalue weighted by molar-refractivity contribution is -0.138. The highest BCUT2D eigenvalue weighted by Crippen LogP contribution is 2.32. The van der Waals surface area contributed by atoms with E-state index < -0.39 is 12.1 Å². The quantitative estimate of drug-likeness (QED) is 0.412. The van der Waals surface area contributed by atoms with Crippen LogP contribution in [-0.2, 0) is 27.3 Å². The lowest BCUT2D eigenvalue weighted by Crippen LogP contribution is -2.46. The third-order valence-corrected chi connectivity index (χ3v) is 8.32. The van der Waals surface area contributed by atoms with Crippen molar-refractivity contribution in [3.05, 3.63) is 72.1 Å². The maximum absolute atomic E-state index is 13.4. The van der Waals surface area contributed by atoms with E-state index >= 15 is 0 Å². The number of hydrogen-bond donors (Lipinski definition) is 2. The third-order valence-electron chi connectivity index (χ3n) is 8.32. The second-order valence-electron chi connectivity index (χ2n) is 11.6. The van der Waals surface area contributed by atoms with Crippen molar-refractivity contribution >= 4 is 23.6 Å². The van der Waals surface area contributed by atoms with Gasteiger partial charge in [-0.25, -0.2) is 4.39 Å². The number of carbonyl (C=O) groups excluding carboxylic acids is 4. The minimum atomic E-state index is -0.748. The molecule has 0 spiro atoms. The van der Waals surface area contributed by atoms with Gasteiger partial charge in [-0.1, -0.05) is 12.1 Å². The van der Waals surface area contributed by atoms with Gasteiger partial charge in [0.25, 0.3) is 5.91 Å². The van der Waals surface area contributed by atoms with Crippen molar-refractivity contribution in [2.24, 2.45) is 0 Å². The van der Waals surface area contributed by atoms with E-state index in [4.69, 9.17) is 9.47 Å². The molecule has 5 rings (SSSR count). The molecule has 1 aromatic heterocycles. The van der Waals surface area contributed by atoms with Crippen LogP contribution in [0.5, 0.6) is 11.5 Å². The summed E-state index contributed by atoms with van der Waals surface area (Å²) in [5.74, 6) is -0.519. The Hall–Kier alpha value is -5.01. The van der Waals surface area contributed by atoms with Gasteiger partial charge in [0.05, 0.1) is 20.1 Å². The van der Waals surface area contributed by atoms with Crippen LogP contribution in [0, 0.1) is 5.82 Å². The SMILES string of the molecule is COc1ccc2cc1O[C@H]1C[C@@H](C(=O)NCCCCN(C(=O)Cc3ccc(F)cc3)CCCNC2=O)N(C(=O)CCn2cnnc2)C1. The summed E-state index contributed by atoms with van der Waals surface area (Å²) in [5.41, 5.74) is 1.07. The summed E-state index contributed by atoms with van der Waals surface area (Å²) in [7, 11) is 1.50. The maximum Gasteiger partial charge on any atom is 0.251 e. The van der Waals surface area contributed by atoms with Gasteiger partial charge < -0.3 is 34.5 Å². The third kappa shape index (κ3) is 9.05. The summed E-state index contributed by atoms with van der Waals surface area (Å²) < 4.78 is 26.9. The molecule has 2 aliphatic rings. The van der Waals surface area contributed by atoms with E-state index in [0.29, 0.717) is 74.6 Å². The Labute approximate surface area is 272 Å². The molecule has 3 aromatic rings. The summed E-state index contributed by atoms with van der Waals surface area (Å²) in [6.07, 6.45) is 4.85. The number of rotatable bonds is 6. The van der Waals surface area contributed by atoms with Crippen LogP contribution in [-0.4, -0.2) is 100 Å². The zero-order chi connectivity index (χ0) is 33.2. The van der Waals surface area contributed by atoms with E-state index in [1.165, 1.54) is 31.9 Å². The van der Waals surface area contributed by atoms with Crippen molar-refractivity contribution in [1.29, 1.82) is 0 Å². The van der Waals surface area contributed by atoms with Crippen molar-refractivity contribution in [3.8, 4) is 11.5 Å². The van der Waals surface area contributed by atoms with Gasteiger partial charge >= 0.3 is 0 Å². The lowest BCUT2D eigenvalue weighted by atomic mass is 10.1. The van der Waals surface area contributed by atoms with Gasteiger partial charge in [-0.15, -0.1) is 10.2 Å². The monoisotopic (exact) mass is 649 g/mol. The average molecular weight is 650 g/mol. The van der Waals surface area contributed by atoms with Gasteiger partial charge in [0.15, 0.2) is 11.5 Å². The Morgan fingerprint density at radius 1 is 0.979 bits per heavy atom. The molecule has 0 aliphatic carbocycles. The van der Waals surface area contributed by atoms with Crippen molar-refractivity contribution in [2.75, 3.05) is 39.8 Å². The van der Waals surface area contributed by atoms with Gasteiger partial charge in [-0.2, -0.15) is 0 Å². The predicted molar refractivity (Wildman–Crippen MR) is 168 cm³/mol. The van der Waals surface area contributed by atoms with Gasteiger partial charge in [-0.05, 0) is 55.2 Å². The van der Waals surface area contributed by atoms with Crippen LogP contribution >= 0.6 is 0 Å². The first-order valence-electron chi connectivity index (χ1n) is 15.9. The van der Waals surface area contributed by atoms with Crippen molar-refractivity contribution < 1.29 is 33.0 Å². The smallest absolute Gasteiger partial charge is 0.251 e. The summed E-state index contributed by atoms with van der Waals surface area (Å²) >= 11 is 0. The molecule has 1 saturated heterocycles. The number of benzene rings is 2. The minimum Gasteiger partial charge on any atom is -0.493 e. The molecular formula is C33H40FN7O6. The number of hydrogen-bond acceptors (Lipinski definition) is 8. The summed E-state index contributed by atoms with van der Waals surface area (Å²) in [5, 5.41) is 13.4. The highest BCUT2D eigenvalue weighted by Gasteiger charge is 2.40. The van der Waals surface area contributed by atoms with E-state index in [0.717, 1.165) is 0 Å². The molecule has 4 amide bonds. The van der Waals surface area contributed by atoms with Crippen LogP contribution in [0.3, 0.4) is 0 Å². The van der Waals surface area contributed by atoms with Gasteiger partial charge in [0.1, 0.15) is 30.6 Å². The molecule has 47 heavy (non-hydrogen) atoms. The largest absolute Gasteiger partial charge is 0.493 e. The molecule has 13 nitrogen and oxygen atoms in total. The summed E-state index contributed by atoms with van der Waals surface area (Å²) in [6, 6.07) is 9.96. The zero-order valence-electron chi connectivity index (χ0n) is 26.4. The zero-order valence-corrected chi connectivity index (χ0v) is 26.4. The van der Waals surface area contributed by atoms with Crippen LogP contribution in [0.4, 0.5) is 4.39 Å². The van der Waals surface area contributed by atoms with E-state index in [9.17, 15) is 23.6 Å². The molecule has 2 aliphatic heterocycles. The molecule has 0 saturated carbocycles. The molecule has 1 fully saturated rings. The molecule has 14 heteroatoms. The van der Waals surface area contributed by atoms with Crippen LogP contribution in [0.2, 0.25) is 0 Å². The maximum atomic E-state index is 13.4. The van der Waals surface area contributed by atoms with Crippen LogP contribution in [0.15, 0.2) is 55.1 Å². The number of ether oxygens (including phenoxy) is 2. The summed E-state index contributed by atoms with van der Waals surface area (Å²) in [6.45, 7) is 2.13. The predicted octanol–water partition coefficient (Wildman–Crippen LogP) is 1.97. The fourth-order valence-corrected chi connectivity index (χ4v) is 5.78. The van der Waals surface area contributed by atoms with E-state index in [-0.39, 0.29) is 55.3 Å². The fraction of sp³-hybridized carbons (Fsp3) is 0.455. The van der Waals surface area contributed by atoms with Gasteiger partial charge in [-0.3, -0.25) is 19.2 Å². The normalized spacial score (nSPS) is 19.4. The van der Waals surface area contributed by atoms with Gasteiger partial charge in [0.2, 0.25) is 17.7 Å². The van der Waals surface area contributed by atoms with Crippen LogP contribution < -0.4 is 20.1 Å². The summed E-state index contributed by atoms with van der Waals surface area (Å²) in [4.78, 5) is 56.4. The average Bonchev–Trinajstić information content (AvgIpc) is 3.75. The standard InChI is InChI=1S/C33H40FN7O6/c1-46-28-10-7-24-18-29(28)47-26-19-27(41(20-26)30(42)11-16-39-21-37-38-22-39)33(45)36-12-2-3-14-40(15-4-13-35-32(24)44)31(43)17-23-5-8-25(34)9-6-23/h5-10,18,21-22,26-27H,2-4,11-17,19-20H2,1H3,(H,35,44)(H,36,45)/t26-,27-/m0/s1. The molecule has 250 valence electrons. The van der Waals surface area contributed by atoms with E-state index in [1.54, 1.807) is 44.7 Å². The fourth-order valence-electron chi connectivity index (χ4n) is 5.78. The van der Waals surface area contributed by atoms with Crippen molar-refractivity contribution in [3.63, 3.8) is 0 Å². The molecule has 0 unspecified atom stereocenters. The Bertz CT molecular complexity index is 1530. The molecule has 3 heterocycles. The topological polar surface area (TPSA) is 148 Å². The molecule has 0 radical (unpaired) electrons. The second-order valence-corrected chi connectivity index (χ2v) is 11.6. The molecule has 4 bridgehead atoms. The van der Waals surface area contributed by atoms with Gasteiger partial charge in [0, 0.05) is 51.1 Å². The number of nitrogens with zero attached hydrogens (tertiary/aromatic N) is 5. The molecule has 2 aromatic carbocycles. The number of aryl methyl sites for hydroxylation is 1. The Morgan fingerprint density at radius 3 is 2.49 bits per heavy atom. The van der Waals surface area contributed by atoms with Crippen LogP contribution in [0.25, 0.3) is 0 Å². The highest BCUT2D eigenvalue weighted by molar-refractivity contribution is 5.95. The van der Waals surface area contributed by atoms with Crippen molar-refractivity contribution in [1.82, 2.24) is 35.2 Å². The Balaban J connectivity index is 1.32. The first-order valence-corrected chi connectivity index (χ1v) is 15.9. The number of amides is 4. The molecule has 2 N–H and O–H groups in total. The number of aromatic nitrogens is 3. The Morgan fingerprint density at radius 2 is 1.72 bits per heavy atom. The number of nitrogens with one attached hydrogen (secondary N) is 2. The number of likely N-dealkylation sites (tertiary alicyclic amines) is 1. The molecular weight excluding hydrogens is 609 g/mol. The first kappa shape index (κ1) is 33.4. The van der Waals surface area contributed by atoms with E-state index in [2.05, 4.69) is 20.8 Å². The molecule has 2 atom stereocenters. The number of fused-ring (bicyclic) bond motifs is 4. The highest BCUT2D eigenvalue weighted by atomic mass is 19.1. The number of halogens is 1. The van der Waals surface area contributed by atoms with E-state index in [1.807, 2.05) is 0 Å². The first-order chi connectivity index (χ1) is 22.8. The van der Waals surface area contributed by atoms with Crippen molar-refractivity contribution in [2.45, 2.75) is 57.2 Å². The lowest BCUT2D eigenvalue weighted by Gasteiger charge is -2.24. The Kier molecular flexibility index (Phi) is 11.4. The number of carbonyl (C=O) groups is 4.